The summed E-state index contributed by atoms with van der Waals surface area (Å²) in [5.41, 5.74) is -0.998. The smallest absolute Gasteiger partial charge is 0.357 e. The minimum absolute atomic E-state index is 0.231. The van der Waals surface area contributed by atoms with E-state index in [9.17, 15) is 13.2 Å². The minimum Gasteiger partial charge on any atom is -0.357 e. The van der Waals surface area contributed by atoms with E-state index in [1.165, 1.54) is 0 Å². The molecule has 0 aromatic carbocycles. The molecule has 1 saturated carbocycles. The second kappa shape index (κ2) is 4.91. The van der Waals surface area contributed by atoms with Crippen molar-refractivity contribution >= 4 is 17.4 Å². The van der Waals surface area contributed by atoms with Gasteiger partial charge in [-0.15, -0.1) is 0 Å². The lowest BCUT2D eigenvalue weighted by Crippen LogP contribution is -2.30. The van der Waals surface area contributed by atoms with Crippen molar-refractivity contribution in [3.63, 3.8) is 0 Å². The Balaban J connectivity index is 2.29. The summed E-state index contributed by atoms with van der Waals surface area (Å²) < 4.78 is 37.9. The van der Waals surface area contributed by atoms with Crippen LogP contribution in [0.5, 0.6) is 0 Å². The van der Waals surface area contributed by atoms with Crippen molar-refractivity contribution in [3.05, 3.63) is 17.0 Å². The third-order valence-corrected chi connectivity index (χ3v) is 3.38. The van der Waals surface area contributed by atoms with Gasteiger partial charge in [0.25, 0.3) is 0 Å². The molecule has 0 bridgehead atoms. The topological polar surface area (TPSA) is 29.0 Å². The summed E-state index contributed by atoms with van der Waals surface area (Å²) >= 11 is 5.56. The first-order valence-electron chi connectivity index (χ1n) is 5.72. The van der Waals surface area contributed by atoms with Crippen molar-refractivity contribution in [2.24, 2.45) is 0 Å². The van der Waals surface area contributed by atoms with Crippen LogP contribution in [0.4, 0.5) is 19.0 Å². The zero-order chi connectivity index (χ0) is 13.3. The third-order valence-electron chi connectivity index (χ3n) is 3.21. The SMILES string of the molecule is CN(c1cc(C(F)(F)F)nc(Cl)n1)C1CCCC1. The summed E-state index contributed by atoms with van der Waals surface area (Å²) in [6.07, 6.45) is -0.364. The Kier molecular flexibility index (Phi) is 3.66. The van der Waals surface area contributed by atoms with Crippen molar-refractivity contribution in [1.82, 2.24) is 9.97 Å². The van der Waals surface area contributed by atoms with E-state index < -0.39 is 11.9 Å². The molecule has 1 aromatic rings. The highest BCUT2D eigenvalue weighted by Crippen LogP contribution is 2.32. The quantitative estimate of drug-likeness (QED) is 0.776. The average Bonchev–Trinajstić information content (AvgIpc) is 2.79. The molecule has 0 unspecified atom stereocenters. The Morgan fingerprint density at radius 2 is 1.89 bits per heavy atom. The number of alkyl halides is 3. The molecule has 1 aliphatic carbocycles. The molecule has 0 atom stereocenters. The number of nitrogens with zero attached hydrogens (tertiary/aromatic N) is 3. The van der Waals surface area contributed by atoms with Crippen LogP contribution >= 0.6 is 11.6 Å². The fourth-order valence-electron chi connectivity index (χ4n) is 2.21. The number of anilines is 1. The van der Waals surface area contributed by atoms with E-state index >= 15 is 0 Å². The van der Waals surface area contributed by atoms with Crippen LogP contribution in [-0.2, 0) is 6.18 Å². The summed E-state index contributed by atoms with van der Waals surface area (Å²) in [5, 5.41) is -0.371. The number of hydrogen-bond donors (Lipinski definition) is 0. The maximum absolute atomic E-state index is 12.6. The second-order valence-electron chi connectivity index (χ2n) is 4.43. The van der Waals surface area contributed by atoms with Gasteiger partial charge >= 0.3 is 6.18 Å². The third kappa shape index (κ3) is 2.85. The molecule has 18 heavy (non-hydrogen) atoms. The summed E-state index contributed by atoms with van der Waals surface area (Å²) in [4.78, 5) is 8.85. The van der Waals surface area contributed by atoms with Gasteiger partial charge in [0.2, 0.25) is 5.28 Å². The van der Waals surface area contributed by atoms with Gasteiger partial charge in [-0.05, 0) is 24.4 Å². The molecule has 0 saturated heterocycles. The molecule has 0 N–H and O–H groups in total. The summed E-state index contributed by atoms with van der Waals surface area (Å²) in [7, 11) is 1.74. The number of halogens is 4. The molecule has 1 aromatic heterocycles. The summed E-state index contributed by atoms with van der Waals surface area (Å²) in [5.74, 6) is 0.231. The Morgan fingerprint density at radius 3 is 2.44 bits per heavy atom. The largest absolute Gasteiger partial charge is 0.433 e. The lowest BCUT2D eigenvalue weighted by molar-refractivity contribution is -0.141. The molecular formula is C11H13ClF3N3. The molecule has 2 rings (SSSR count). The van der Waals surface area contributed by atoms with Crippen LogP contribution in [0.2, 0.25) is 5.28 Å². The van der Waals surface area contributed by atoms with Crippen molar-refractivity contribution in [2.45, 2.75) is 37.9 Å². The Bertz CT molecular complexity index is 430. The standard InChI is InChI=1S/C11H13ClF3N3/c1-18(7-4-2-3-5-7)9-6-8(11(13,14)15)16-10(12)17-9/h6-7H,2-5H2,1H3. The van der Waals surface area contributed by atoms with E-state index in [2.05, 4.69) is 9.97 Å². The normalized spacial score (nSPS) is 17.2. The number of rotatable bonds is 2. The number of hydrogen-bond acceptors (Lipinski definition) is 3. The molecule has 1 fully saturated rings. The number of aromatic nitrogens is 2. The first kappa shape index (κ1) is 13.4. The van der Waals surface area contributed by atoms with Gasteiger partial charge in [0.1, 0.15) is 5.82 Å². The van der Waals surface area contributed by atoms with Crippen LogP contribution in [0, 0.1) is 0 Å². The van der Waals surface area contributed by atoms with E-state index in [-0.39, 0.29) is 17.1 Å². The molecule has 0 spiro atoms. The van der Waals surface area contributed by atoms with Crippen LogP contribution in [-0.4, -0.2) is 23.1 Å². The highest BCUT2D eigenvalue weighted by molar-refractivity contribution is 6.28. The molecular weight excluding hydrogens is 267 g/mol. The molecule has 0 aliphatic heterocycles. The lowest BCUT2D eigenvalue weighted by atomic mass is 10.2. The predicted octanol–water partition coefficient (Wildman–Crippen LogP) is 3.53. The van der Waals surface area contributed by atoms with Gasteiger partial charge in [0, 0.05) is 19.2 Å². The molecule has 1 aliphatic rings. The molecule has 0 amide bonds. The van der Waals surface area contributed by atoms with Gasteiger partial charge in [-0.1, -0.05) is 12.8 Å². The van der Waals surface area contributed by atoms with E-state index in [0.717, 1.165) is 31.7 Å². The zero-order valence-electron chi connectivity index (χ0n) is 9.84. The summed E-state index contributed by atoms with van der Waals surface area (Å²) in [6.45, 7) is 0. The molecule has 0 radical (unpaired) electrons. The van der Waals surface area contributed by atoms with Crippen molar-refractivity contribution in [3.8, 4) is 0 Å². The van der Waals surface area contributed by atoms with Crippen LogP contribution in [0.3, 0.4) is 0 Å². The van der Waals surface area contributed by atoms with E-state index in [1.54, 1.807) is 11.9 Å². The summed E-state index contributed by atoms with van der Waals surface area (Å²) in [6, 6.07) is 1.18. The van der Waals surface area contributed by atoms with Crippen molar-refractivity contribution in [1.29, 1.82) is 0 Å². The first-order chi connectivity index (χ1) is 8.38. The van der Waals surface area contributed by atoms with Gasteiger partial charge in [-0.3, -0.25) is 0 Å². The van der Waals surface area contributed by atoms with Crippen molar-refractivity contribution in [2.75, 3.05) is 11.9 Å². The fourth-order valence-corrected chi connectivity index (χ4v) is 2.39. The highest BCUT2D eigenvalue weighted by atomic mass is 35.5. The highest BCUT2D eigenvalue weighted by Gasteiger charge is 2.34. The van der Waals surface area contributed by atoms with Gasteiger partial charge in [0.05, 0.1) is 0 Å². The zero-order valence-corrected chi connectivity index (χ0v) is 10.6. The van der Waals surface area contributed by atoms with E-state index in [4.69, 9.17) is 11.6 Å². The van der Waals surface area contributed by atoms with E-state index in [1.807, 2.05) is 0 Å². The van der Waals surface area contributed by atoms with Gasteiger partial charge < -0.3 is 4.90 Å². The molecule has 1 heterocycles. The van der Waals surface area contributed by atoms with Gasteiger partial charge in [-0.2, -0.15) is 13.2 Å². The van der Waals surface area contributed by atoms with Crippen LogP contribution < -0.4 is 4.90 Å². The second-order valence-corrected chi connectivity index (χ2v) is 4.77. The Hall–Kier alpha value is -1.04. The Labute approximate surface area is 108 Å². The lowest BCUT2D eigenvalue weighted by Gasteiger charge is -2.25. The van der Waals surface area contributed by atoms with E-state index in [0.29, 0.717) is 0 Å². The van der Waals surface area contributed by atoms with Crippen LogP contribution in [0.25, 0.3) is 0 Å². The Morgan fingerprint density at radius 1 is 1.28 bits per heavy atom. The van der Waals surface area contributed by atoms with Crippen LogP contribution in [0.1, 0.15) is 31.4 Å². The van der Waals surface area contributed by atoms with Gasteiger partial charge in [-0.25, -0.2) is 9.97 Å². The van der Waals surface area contributed by atoms with Gasteiger partial charge in [0.15, 0.2) is 5.69 Å². The average molecular weight is 280 g/mol. The monoisotopic (exact) mass is 279 g/mol. The minimum atomic E-state index is -4.50. The van der Waals surface area contributed by atoms with Crippen LogP contribution in [0.15, 0.2) is 6.07 Å². The predicted molar refractivity (Wildman–Crippen MR) is 62.7 cm³/mol. The molecule has 100 valence electrons. The first-order valence-corrected chi connectivity index (χ1v) is 6.10. The maximum atomic E-state index is 12.6. The molecule has 7 heteroatoms. The van der Waals surface area contributed by atoms with Crippen molar-refractivity contribution < 1.29 is 13.2 Å². The molecule has 3 nitrogen and oxygen atoms in total. The maximum Gasteiger partial charge on any atom is 0.433 e. The fraction of sp³-hybridized carbons (Fsp3) is 0.636.